The fourth-order valence-electron chi connectivity index (χ4n) is 2.45. The van der Waals surface area contributed by atoms with E-state index < -0.39 is 0 Å². The molecule has 3 nitrogen and oxygen atoms in total. The normalized spacial score (nSPS) is 19.7. The van der Waals surface area contributed by atoms with Crippen LogP contribution in [0.4, 0.5) is 5.13 Å². The highest BCUT2D eigenvalue weighted by Crippen LogP contribution is 2.32. The summed E-state index contributed by atoms with van der Waals surface area (Å²) in [5, 5.41) is 6.83. The van der Waals surface area contributed by atoms with Gasteiger partial charge < -0.3 is 10.2 Å². The maximum atomic E-state index is 4.78. The molecule has 1 aromatic rings. The average Bonchev–Trinajstić information content (AvgIpc) is 2.72. The van der Waals surface area contributed by atoms with Gasteiger partial charge in [-0.1, -0.05) is 27.7 Å². The van der Waals surface area contributed by atoms with Crippen LogP contribution in [-0.4, -0.2) is 24.1 Å². The van der Waals surface area contributed by atoms with Crippen LogP contribution in [-0.2, 0) is 6.54 Å². The van der Waals surface area contributed by atoms with E-state index in [9.17, 15) is 0 Å². The molecule has 2 heterocycles. The standard InChI is InChI=1S/C15H27N3S/c1-12(2)16-10-13-11-19-14(17-13)18-8-5-6-15(3,4)7-9-18/h11-12,16H,5-10H2,1-4H3. The minimum absolute atomic E-state index is 0.494. The lowest BCUT2D eigenvalue weighted by molar-refractivity contribution is 0.325. The molecule has 1 saturated heterocycles. The van der Waals surface area contributed by atoms with Crippen LogP contribution < -0.4 is 10.2 Å². The summed E-state index contributed by atoms with van der Waals surface area (Å²) >= 11 is 1.79. The highest BCUT2D eigenvalue weighted by Gasteiger charge is 2.24. The SMILES string of the molecule is CC(C)NCc1csc(N2CCCC(C)(C)CC2)n1. The molecule has 19 heavy (non-hydrogen) atoms. The van der Waals surface area contributed by atoms with E-state index in [1.54, 1.807) is 11.3 Å². The highest BCUT2D eigenvalue weighted by molar-refractivity contribution is 7.13. The lowest BCUT2D eigenvalue weighted by Crippen LogP contribution is -2.25. The van der Waals surface area contributed by atoms with Crippen LogP contribution in [0.2, 0.25) is 0 Å². The Kier molecular flexibility index (Phi) is 4.85. The van der Waals surface area contributed by atoms with Crippen LogP contribution in [0, 0.1) is 5.41 Å². The average molecular weight is 281 g/mol. The largest absolute Gasteiger partial charge is 0.348 e. The Morgan fingerprint density at radius 1 is 1.37 bits per heavy atom. The molecule has 1 aromatic heterocycles. The third-order valence-corrected chi connectivity index (χ3v) is 4.79. The van der Waals surface area contributed by atoms with Crippen molar-refractivity contribution in [2.75, 3.05) is 18.0 Å². The summed E-state index contributed by atoms with van der Waals surface area (Å²) in [6, 6.07) is 0.518. The quantitative estimate of drug-likeness (QED) is 0.913. The lowest BCUT2D eigenvalue weighted by atomic mass is 9.85. The van der Waals surface area contributed by atoms with Gasteiger partial charge in [0.25, 0.3) is 0 Å². The van der Waals surface area contributed by atoms with Gasteiger partial charge in [-0.15, -0.1) is 11.3 Å². The maximum absolute atomic E-state index is 4.78. The van der Waals surface area contributed by atoms with Crippen LogP contribution in [0.5, 0.6) is 0 Å². The number of hydrogen-bond donors (Lipinski definition) is 1. The van der Waals surface area contributed by atoms with Crippen molar-refractivity contribution < 1.29 is 0 Å². The van der Waals surface area contributed by atoms with Crippen molar-refractivity contribution in [1.82, 2.24) is 10.3 Å². The van der Waals surface area contributed by atoms with Crippen LogP contribution >= 0.6 is 11.3 Å². The van der Waals surface area contributed by atoms with Crippen molar-refractivity contribution in [3.05, 3.63) is 11.1 Å². The molecule has 0 aromatic carbocycles. The zero-order valence-electron chi connectivity index (χ0n) is 12.7. The number of hydrogen-bond acceptors (Lipinski definition) is 4. The van der Waals surface area contributed by atoms with E-state index in [4.69, 9.17) is 4.98 Å². The van der Waals surface area contributed by atoms with Gasteiger partial charge in [-0.05, 0) is 24.7 Å². The molecule has 1 N–H and O–H groups in total. The molecule has 0 bridgehead atoms. The summed E-state index contributed by atoms with van der Waals surface area (Å²) in [7, 11) is 0. The van der Waals surface area contributed by atoms with Gasteiger partial charge in [-0.25, -0.2) is 4.98 Å². The molecule has 1 fully saturated rings. The molecule has 108 valence electrons. The predicted molar refractivity (Wildman–Crippen MR) is 83.9 cm³/mol. The minimum atomic E-state index is 0.494. The number of anilines is 1. The first-order chi connectivity index (χ1) is 8.96. The van der Waals surface area contributed by atoms with Gasteiger partial charge in [-0.2, -0.15) is 0 Å². The summed E-state index contributed by atoms with van der Waals surface area (Å²) in [5.74, 6) is 0. The molecule has 1 aliphatic heterocycles. The van der Waals surface area contributed by atoms with E-state index in [0.717, 1.165) is 19.6 Å². The smallest absolute Gasteiger partial charge is 0.185 e. The van der Waals surface area contributed by atoms with Crippen molar-refractivity contribution in [2.45, 2.75) is 59.5 Å². The van der Waals surface area contributed by atoms with E-state index in [1.807, 2.05) is 0 Å². The summed E-state index contributed by atoms with van der Waals surface area (Å²) in [6.07, 6.45) is 3.88. The van der Waals surface area contributed by atoms with Gasteiger partial charge in [0, 0.05) is 31.1 Å². The number of thiazole rings is 1. The molecule has 0 amide bonds. The number of aromatic nitrogens is 1. The summed E-state index contributed by atoms with van der Waals surface area (Å²) in [4.78, 5) is 7.25. The topological polar surface area (TPSA) is 28.2 Å². The lowest BCUT2D eigenvalue weighted by Gasteiger charge is -2.22. The molecule has 0 unspecified atom stereocenters. The van der Waals surface area contributed by atoms with Gasteiger partial charge >= 0.3 is 0 Å². The molecule has 0 aliphatic carbocycles. The molecule has 0 saturated carbocycles. The van der Waals surface area contributed by atoms with E-state index >= 15 is 0 Å². The van der Waals surface area contributed by atoms with Gasteiger partial charge in [0.15, 0.2) is 5.13 Å². The molecular formula is C15H27N3S. The van der Waals surface area contributed by atoms with E-state index in [2.05, 4.69) is 43.3 Å². The Morgan fingerprint density at radius 3 is 2.89 bits per heavy atom. The van der Waals surface area contributed by atoms with Gasteiger partial charge in [0.2, 0.25) is 0 Å². The molecule has 0 atom stereocenters. The van der Waals surface area contributed by atoms with Gasteiger partial charge in [0.05, 0.1) is 5.69 Å². The van der Waals surface area contributed by atoms with Crippen LogP contribution in [0.25, 0.3) is 0 Å². The summed E-state index contributed by atoms with van der Waals surface area (Å²) < 4.78 is 0. The van der Waals surface area contributed by atoms with Gasteiger partial charge in [0.1, 0.15) is 0 Å². The van der Waals surface area contributed by atoms with Crippen molar-refractivity contribution in [2.24, 2.45) is 5.41 Å². The van der Waals surface area contributed by atoms with Crippen molar-refractivity contribution >= 4 is 16.5 Å². The summed E-state index contributed by atoms with van der Waals surface area (Å²) in [5.41, 5.74) is 1.67. The monoisotopic (exact) mass is 281 g/mol. The molecule has 0 spiro atoms. The first-order valence-corrected chi connectivity index (χ1v) is 8.27. The molecule has 4 heteroatoms. The van der Waals surface area contributed by atoms with Crippen molar-refractivity contribution in [1.29, 1.82) is 0 Å². The number of nitrogens with one attached hydrogen (secondary N) is 1. The van der Waals surface area contributed by atoms with Crippen LogP contribution in [0.1, 0.15) is 52.7 Å². The van der Waals surface area contributed by atoms with Crippen molar-refractivity contribution in [3.8, 4) is 0 Å². The highest BCUT2D eigenvalue weighted by atomic mass is 32.1. The Balaban J connectivity index is 1.94. The predicted octanol–water partition coefficient (Wildman–Crippen LogP) is 3.66. The Morgan fingerprint density at radius 2 is 2.16 bits per heavy atom. The number of nitrogens with zero attached hydrogens (tertiary/aromatic N) is 2. The zero-order chi connectivity index (χ0) is 13.9. The second-order valence-electron chi connectivity index (χ2n) is 6.66. The second kappa shape index (κ2) is 6.23. The molecular weight excluding hydrogens is 254 g/mol. The van der Waals surface area contributed by atoms with E-state index in [-0.39, 0.29) is 0 Å². The fraction of sp³-hybridized carbons (Fsp3) is 0.800. The summed E-state index contributed by atoms with van der Waals surface area (Å²) in [6.45, 7) is 12.3. The molecule has 0 radical (unpaired) electrons. The Bertz CT molecular complexity index is 398. The van der Waals surface area contributed by atoms with Crippen LogP contribution in [0.15, 0.2) is 5.38 Å². The number of rotatable bonds is 4. The van der Waals surface area contributed by atoms with Crippen LogP contribution in [0.3, 0.4) is 0 Å². The molecule has 2 rings (SSSR count). The zero-order valence-corrected chi connectivity index (χ0v) is 13.5. The Labute approximate surface area is 121 Å². The molecule has 1 aliphatic rings. The first-order valence-electron chi connectivity index (χ1n) is 7.39. The fourth-order valence-corrected chi connectivity index (χ4v) is 3.32. The minimum Gasteiger partial charge on any atom is -0.348 e. The third kappa shape index (κ3) is 4.46. The first kappa shape index (κ1) is 14.8. The van der Waals surface area contributed by atoms with Gasteiger partial charge in [-0.3, -0.25) is 0 Å². The second-order valence-corrected chi connectivity index (χ2v) is 7.50. The van der Waals surface area contributed by atoms with E-state index in [1.165, 1.54) is 30.1 Å². The maximum Gasteiger partial charge on any atom is 0.185 e. The third-order valence-electron chi connectivity index (χ3n) is 3.84. The Hall–Kier alpha value is -0.610. The van der Waals surface area contributed by atoms with E-state index in [0.29, 0.717) is 11.5 Å². The van der Waals surface area contributed by atoms with Crippen molar-refractivity contribution in [3.63, 3.8) is 0 Å².